The molecule has 0 aliphatic rings. The van der Waals surface area contributed by atoms with Crippen LogP contribution in [0.4, 0.5) is 11.4 Å². The predicted molar refractivity (Wildman–Crippen MR) is 141 cm³/mol. The van der Waals surface area contributed by atoms with Gasteiger partial charge < -0.3 is 14.4 Å². The van der Waals surface area contributed by atoms with E-state index in [1.807, 2.05) is 0 Å². The van der Waals surface area contributed by atoms with Crippen LogP contribution >= 0.6 is 8.58 Å². The third-order valence-electron chi connectivity index (χ3n) is 5.55. The molecule has 0 amide bonds. The third-order valence-corrected chi connectivity index (χ3v) is 7.18. The summed E-state index contributed by atoms with van der Waals surface area (Å²) < 4.78 is 11.0. The van der Waals surface area contributed by atoms with Gasteiger partial charge in [-0.15, -0.1) is 0 Å². The molecule has 3 nitrogen and oxygen atoms in total. The number of para-hydroxylation sites is 2. The normalized spacial score (nSPS) is 11.1. The molecular weight excluding hydrogens is 425 g/mol. The van der Waals surface area contributed by atoms with Gasteiger partial charge in [-0.3, -0.25) is 0 Å². The Bertz CT molecular complexity index is 1140. The fourth-order valence-electron chi connectivity index (χ4n) is 3.88. The number of ether oxygens (including phenoxy) is 2. The van der Waals surface area contributed by atoms with Crippen molar-refractivity contribution in [1.82, 2.24) is 0 Å². The van der Waals surface area contributed by atoms with Gasteiger partial charge in [0.15, 0.2) is 6.79 Å². The first-order chi connectivity index (χ1) is 16.2. The molecule has 1 atom stereocenters. The number of rotatable bonds is 9. The minimum absolute atomic E-state index is 0.247. The van der Waals surface area contributed by atoms with Gasteiger partial charge in [0.2, 0.25) is 0 Å². The Labute approximate surface area is 198 Å². The van der Waals surface area contributed by atoms with Gasteiger partial charge in [-0.25, -0.2) is 0 Å². The van der Waals surface area contributed by atoms with Crippen molar-refractivity contribution in [1.29, 1.82) is 0 Å². The quantitative estimate of drug-likeness (QED) is 0.220. The van der Waals surface area contributed by atoms with Crippen molar-refractivity contribution < 1.29 is 9.47 Å². The Kier molecular flexibility index (Phi) is 7.78. The lowest BCUT2D eigenvalue weighted by Gasteiger charge is -2.27. The summed E-state index contributed by atoms with van der Waals surface area (Å²) in [6, 6.07) is 34.1. The molecule has 4 aromatic carbocycles. The highest BCUT2D eigenvalue weighted by molar-refractivity contribution is 7.56. The van der Waals surface area contributed by atoms with E-state index in [4.69, 9.17) is 9.47 Å². The van der Waals surface area contributed by atoms with Crippen LogP contribution in [0.5, 0.6) is 5.75 Å². The molecule has 0 aromatic heterocycles. The zero-order valence-electron chi connectivity index (χ0n) is 19.4. The SMILES string of the molecule is COCOc1ccc(C)cc1Pc1c(C)cccc1CN(c1ccccc1)c1ccccc1. The van der Waals surface area contributed by atoms with Crippen LogP contribution in [0.15, 0.2) is 97.1 Å². The molecular formula is C29H30NO2P. The summed E-state index contributed by atoms with van der Waals surface area (Å²) in [5.41, 5.74) is 6.21. The fraction of sp³-hybridized carbons (Fsp3) is 0.172. The summed E-state index contributed by atoms with van der Waals surface area (Å²) in [4.78, 5) is 2.38. The minimum atomic E-state index is 0.247. The molecule has 0 heterocycles. The van der Waals surface area contributed by atoms with Gasteiger partial charge >= 0.3 is 0 Å². The number of benzene rings is 4. The molecule has 33 heavy (non-hydrogen) atoms. The fourth-order valence-corrected chi connectivity index (χ4v) is 5.33. The second-order valence-corrected chi connectivity index (χ2v) is 9.33. The zero-order chi connectivity index (χ0) is 23.0. The van der Waals surface area contributed by atoms with Gasteiger partial charge in [-0.2, -0.15) is 0 Å². The Hall–Kier alpha value is -3.13. The molecule has 4 rings (SSSR count). The molecule has 0 fully saturated rings. The van der Waals surface area contributed by atoms with Crippen LogP contribution in [-0.2, 0) is 11.3 Å². The molecule has 0 radical (unpaired) electrons. The lowest BCUT2D eigenvalue weighted by molar-refractivity contribution is 0.0519. The summed E-state index contributed by atoms with van der Waals surface area (Å²) in [5, 5.41) is 2.57. The summed E-state index contributed by atoms with van der Waals surface area (Å²) in [7, 11) is 2.14. The highest BCUT2D eigenvalue weighted by Gasteiger charge is 2.15. The maximum atomic E-state index is 5.89. The van der Waals surface area contributed by atoms with E-state index in [1.54, 1.807) is 7.11 Å². The van der Waals surface area contributed by atoms with E-state index < -0.39 is 0 Å². The first-order valence-electron chi connectivity index (χ1n) is 11.1. The number of nitrogens with zero attached hydrogens (tertiary/aromatic N) is 1. The van der Waals surface area contributed by atoms with E-state index >= 15 is 0 Å². The summed E-state index contributed by atoms with van der Waals surface area (Å²) >= 11 is 0. The van der Waals surface area contributed by atoms with Gasteiger partial charge in [-0.1, -0.05) is 74.8 Å². The number of hydrogen-bond donors (Lipinski definition) is 0. The molecule has 1 unspecified atom stereocenters. The first-order valence-corrected chi connectivity index (χ1v) is 12.1. The van der Waals surface area contributed by atoms with Gasteiger partial charge in [0.25, 0.3) is 0 Å². The van der Waals surface area contributed by atoms with Crippen LogP contribution in [0.25, 0.3) is 0 Å². The van der Waals surface area contributed by atoms with Crippen LogP contribution in [0.3, 0.4) is 0 Å². The molecule has 168 valence electrons. The standard InChI is InChI=1S/C29H30NO2P/c1-22-17-18-27(32-21-31-3)28(19-22)33-29-23(2)11-10-12-24(29)20-30(25-13-6-4-7-14-25)26-15-8-5-9-16-26/h4-19,33H,20-21H2,1-3H3. The van der Waals surface area contributed by atoms with E-state index in [9.17, 15) is 0 Å². The smallest absolute Gasteiger partial charge is 0.188 e. The maximum Gasteiger partial charge on any atom is 0.188 e. The van der Waals surface area contributed by atoms with Crippen LogP contribution < -0.4 is 20.2 Å². The topological polar surface area (TPSA) is 21.7 Å². The average molecular weight is 456 g/mol. The highest BCUT2D eigenvalue weighted by atomic mass is 31.1. The maximum absolute atomic E-state index is 5.89. The van der Waals surface area contributed by atoms with Crippen molar-refractivity contribution in [3.05, 3.63) is 114 Å². The van der Waals surface area contributed by atoms with E-state index in [1.165, 1.54) is 38.7 Å². The van der Waals surface area contributed by atoms with Gasteiger partial charge in [0, 0.05) is 30.3 Å². The molecule has 0 spiro atoms. The van der Waals surface area contributed by atoms with Crippen LogP contribution in [0.1, 0.15) is 16.7 Å². The third kappa shape index (κ3) is 5.82. The summed E-state index contributed by atoms with van der Waals surface area (Å²) in [5.74, 6) is 0.887. The summed E-state index contributed by atoms with van der Waals surface area (Å²) in [6.07, 6.45) is 0. The summed E-state index contributed by atoms with van der Waals surface area (Å²) in [6.45, 7) is 5.36. The Morgan fingerprint density at radius 3 is 2.06 bits per heavy atom. The average Bonchev–Trinajstić information content (AvgIpc) is 2.85. The first kappa shape index (κ1) is 23.0. The van der Waals surface area contributed by atoms with Crippen LogP contribution in [-0.4, -0.2) is 13.9 Å². The molecule has 0 bridgehead atoms. The van der Waals surface area contributed by atoms with E-state index in [2.05, 4.69) is 116 Å². The predicted octanol–water partition coefficient (Wildman–Crippen LogP) is 6.25. The molecule has 0 saturated carbocycles. The molecule has 0 aliphatic heterocycles. The van der Waals surface area contributed by atoms with Gasteiger partial charge in [-0.05, 0) is 66.7 Å². The van der Waals surface area contributed by atoms with Crippen molar-refractivity contribution >= 4 is 30.6 Å². The molecule has 0 aliphatic carbocycles. The lowest BCUT2D eigenvalue weighted by atomic mass is 10.1. The van der Waals surface area contributed by atoms with Crippen LogP contribution in [0, 0.1) is 13.8 Å². The number of aryl methyl sites for hydroxylation is 2. The Morgan fingerprint density at radius 2 is 1.42 bits per heavy atom. The largest absolute Gasteiger partial charge is 0.467 e. The Morgan fingerprint density at radius 1 is 0.758 bits per heavy atom. The Balaban J connectivity index is 1.72. The number of methoxy groups -OCH3 is 1. The highest BCUT2D eigenvalue weighted by Crippen LogP contribution is 2.29. The molecule has 0 saturated heterocycles. The van der Waals surface area contributed by atoms with Crippen molar-refractivity contribution in [2.45, 2.75) is 20.4 Å². The second-order valence-electron chi connectivity index (χ2n) is 8.04. The molecule has 4 aromatic rings. The lowest BCUT2D eigenvalue weighted by Crippen LogP contribution is -2.22. The van der Waals surface area contributed by atoms with E-state index in [0.717, 1.165) is 12.3 Å². The van der Waals surface area contributed by atoms with Crippen molar-refractivity contribution in [3.8, 4) is 5.75 Å². The zero-order valence-corrected chi connectivity index (χ0v) is 20.4. The molecule has 0 N–H and O–H groups in total. The van der Waals surface area contributed by atoms with Crippen molar-refractivity contribution in [2.75, 3.05) is 18.8 Å². The second kappa shape index (κ2) is 11.1. The van der Waals surface area contributed by atoms with Gasteiger partial charge in [0.05, 0.1) is 0 Å². The number of anilines is 2. The monoisotopic (exact) mass is 455 g/mol. The van der Waals surface area contributed by atoms with E-state index in [0.29, 0.717) is 8.58 Å². The molecule has 4 heteroatoms. The van der Waals surface area contributed by atoms with Crippen molar-refractivity contribution in [3.63, 3.8) is 0 Å². The van der Waals surface area contributed by atoms with Gasteiger partial charge in [0.1, 0.15) is 5.75 Å². The van der Waals surface area contributed by atoms with Crippen LogP contribution in [0.2, 0.25) is 0 Å². The van der Waals surface area contributed by atoms with Crippen molar-refractivity contribution in [2.24, 2.45) is 0 Å². The minimum Gasteiger partial charge on any atom is -0.467 e. The van der Waals surface area contributed by atoms with E-state index in [-0.39, 0.29) is 6.79 Å². The number of hydrogen-bond acceptors (Lipinski definition) is 3.